The van der Waals surface area contributed by atoms with Gasteiger partial charge in [-0.05, 0) is 55.9 Å². The van der Waals surface area contributed by atoms with E-state index in [0.29, 0.717) is 62.7 Å². The molecule has 0 spiro atoms. The van der Waals surface area contributed by atoms with Crippen LogP contribution in [0.25, 0.3) is 0 Å². The maximum atomic E-state index is 14.0. The number of benzene rings is 1. The molecule has 2 aliphatic rings. The average Bonchev–Trinajstić information content (AvgIpc) is 3.38. The third-order valence-corrected chi connectivity index (χ3v) is 8.25. The Bertz CT molecular complexity index is 1120. The molecule has 1 atom stereocenters. The minimum Gasteiger partial charge on any atom is -0.437 e. The fraction of sp³-hybridized carbons (Fsp3) is 0.594. The zero-order chi connectivity index (χ0) is 28.5. The fourth-order valence-electron chi connectivity index (χ4n) is 5.92. The normalized spacial score (nSPS) is 17.6. The molecule has 8 nitrogen and oxygen atoms in total. The van der Waals surface area contributed by atoms with Gasteiger partial charge in [0, 0.05) is 25.4 Å². The number of Topliss-reactive ketones (excluding diaryl/α,β-unsaturated/α-hetero) is 1. The van der Waals surface area contributed by atoms with Crippen molar-refractivity contribution in [1.82, 2.24) is 15.2 Å². The van der Waals surface area contributed by atoms with Crippen LogP contribution in [0.5, 0.6) is 0 Å². The molecule has 3 N–H and O–H groups in total. The number of aromatic nitrogens is 1. The third-order valence-electron chi connectivity index (χ3n) is 8.25. The second-order valence-corrected chi connectivity index (χ2v) is 11.9. The quantitative estimate of drug-likeness (QED) is 0.334. The molecule has 3 amide bonds. The predicted octanol–water partition coefficient (Wildman–Crippen LogP) is 5.61. The zero-order valence-corrected chi connectivity index (χ0v) is 24.1. The van der Waals surface area contributed by atoms with Gasteiger partial charge in [-0.3, -0.25) is 9.59 Å². The Morgan fingerprint density at radius 2 is 1.77 bits per heavy atom. The van der Waals surface area contributed by atoms with Gasteiger partial charge in [0.25, 0.3) is 0 Å². The van der Waals surface area contributed by atoms with Gasteiger partial charge in [0.1, 0.15) is 0 Å². The summed E-state index contributed by atoms with van der Waals surface area (Å²) in [7, 11) is 0. The number of hydrogen-bond donors (Lipinski definition) is 2. The topological polar surface area (TPSA) is 119 Å². The van der Waals surface area contributed by atoms with Gasteiger partial charge >= 0.3 is 6.03 Å². The van der Waals surface area contributed by atoms with Gasteiger partial charge < -0.3 is 20.4 Å². The van der Waals surface area contributed by atoms with Crippen LogP contribution in [0.3, 0.4) is 0 Å². The second kappa shape index (κ2) is 14.5. The van der Waals surface area contributed by atoms with Crippen LogP contribution in [0, 0.1) is 18.3 Å². The van der Waals surface area contributed by atoms with Gasteiger partial charge in [0.15, 0.2) is 11.7 Å². The molecule has 1 radical (unpaired) electrons. The molecule has 40 heavy (non-hydrogen) atoms. The van der Waals surface area contributed by atoms with E-state index in [0.717, 1.165) is 24.8 Å². The summed E-state index contributed by atoms with van der Waals surface area (Å²) in [6.07, 6.45) is 11.6. The number of urea groups is 1. The van der Waals surface area contributed by atoms with Crippen LogP contribution in [0.1, 0.15) is 105 Å². The Morgan fingerprint density at radius 3 is 2.42 bits per heavy atom. The number of carbonyl (C=O) groups is 3. The maximum absolute atomic E-state index is 14.0. The Hall–Kier alpha value is -3.16. The summed E-state index contributed by atoms with van der Waals surface area (Å²) in [5, 5.41) is 3.02. The van der Waals surface area contributed by atoms with Gasteiger partial charge in [-0.2, -0.15) is 0 Å². The molecule has 217 valence electrons. The van der Waals surface area contributed by atoms with Crippen molar-refractivity contribution in [1.29, 1.82) is 0 Å². The van der Waals surface area contributed by atoms with E-state index in [4.69, 9.17) is 15.1 Å². The van der Waals surface area contributed by atoms with Crippen LogP contribution in [-0.2, 0) is 17.6 Å². The second-order valence-electron chi connectivity index (χ2n) is 11.9. The standard InChI is InChI=1S/C32H45N4O4/c1-22(2)21-27-30(40-31(35-27)25-17-19-36(20-18-25)32(33)39)29(38)26(15-13-23-9-5-3-6-10-23)34-28(37)16-14-24-11-7-4-8-12-24/h3,5-6,9-10,16,22,24-26H,4,7-8,11-15,17-21H2,1-2H3,(H2,33,39)(H,34,37). The van der Waals surface area contributed by atoms with E-state index in [1.165, 1.54) is 19.3 Å². The molecule has 4 rings (SSSR count). The van der Waals surface area contributed by atoms with Crippen molar-refractivity contribution in [3.05, 3.63) is 59.7 Å². The molecule has 1 aliphatic carbocycles. The van der Waals surface area contributed by atoms with Crippen molar-refractivity contribution in [3.8, 4) is 0 Å². The van der Waals surface area contributed by atoms with Crippen molar-refractivity contribution < 1.29 is 18.8 Å². The van der Waals surface area contributed by atoms with E-state index in [9.17, 15) is 14.4 Å². The lowest BCUT2D eigenvalue weighted by molar-refractivity contribution is -0.118. The van der Waals surface area contributed by atoms with E-state index in [1.807, 2.05) is 30.3 Å². The molecule has 2 heterocycles. The third kappa shape index (κ3) is 8.42. The first-order valence-corrected chi connectivity index (χ1v) is 15.1. The van der Waals surface area contributed by atoms with Crippen LogP contribution >= 0.6 is 0 Å². The van der Waals surface area contributed by atoms with Gasteiger partial charge in [-0.1, -0.05) is 76.3 Å². The van der Waals surface area contributed by atoms with Gasteiger partial charge in [0.2, 0.25) is 11.7 Å². The van der Waals surface area contributed by atoms with E-state index >= 15 is 0 Å². The maximum Gasteiger partial charge on any atom is 0.314 e. The van der Waals surface area contributed by atoms with Gasteiger partial charge in [0.05, 0.1) is 11.7 Å². The van der Waals surface area contributed by atoms with Crippen molar-refractivity contribution >= 4 is 17.7 Å². The summed E-state index contributed by atoms with van der Waals surface area (Å²) in [5.41, 5.74) is 7.21. The number of primary amides is 1. The Kier molecular flexibility index (Phi) is 10.8. The lowest BCUT2D eigenvalue weighted by Gasteiger charge is -2.29. The van der Waals surface area contributed by atoms with Crippen molar-refractivity contribution in [3.63, 3.8) is 0 Å². The van der Waals surface area contributed by atoms with Crippen molar-refractivity contribution in [2.24, 2.45) is 17.6 Å². The summed E-state index contributed by atoms with van der Waals surface area (Å²) in [6, 6.07) is 8.88. The number of nitrogens with two attached hydrogens (primary N) is 1. The van der Waals surface area contributed by atoms with Gasteiger partial charge in [-0.25, -0.2) is 9.78 Å². The van der Waals surface area contributed by atoms with Crippen LogP contribution in [-0.4, -0.2) is 46.7 Å². The molecule has 2 aromatic rings. The summed E-state index contributed by atoms with van der Waals surface area (Å²) >= 11 is 0. The van der Waals surface area contributed by atoms with Crippen molar-refractivity contribution in [2.45, 2.75) is 96.4 Å². The minimum absolute atomic E-state index is 0.0178. The SMILES string of the molecule is CC(C)Cc1nc(C2CCN(C(N)=O)CC2)oc1C(=O)C(CCc1ccccc1)NC(=O)[CH]CC1CCCCC1. The summed E-state index contributed by atoms with van der Waals surface area (Å²) in [4.78, 5) is 45.0. The predicted molar refractivity (Wildman–Crippen MR) is 155 cm³/mol. The molecule has 1 aromatic carbocycles. The monoisotopic (exact) mass is 549 g/mol. The average molecular weight is 550 g/mol. The number of rotatable bonds is 12. The van der Waals surface area contributed by atoms with Crippen molar-refractivity contribution in [2.75, 3.05) is 13.1 Å². The fourth-order valence-corrected chi connectivity index (χ4v) is 5.92. The first-order chi connectivity index (χ1) is 19.3. The number of nitrogens with zero attached hydrogens (tertiary/aromatic N) is 2. The van der Waals surface area contributed by atoms with Crippen LogP contribution in [0.15, 0.2) is 34.7 Å². The van der Waals surface area contributed by atoms with Gasteiger partial charge in [-0.15, -0.1) is 0 Å². The number of hydrogen-bond acceptors (Lipinski definition) is 5. The number of piperidine rings is 1. The molecule has 1 saturated carbocycles. The minimum atomic E-state index is -0.710. The van der Waals surface area contributed by atoms with E-state index < -0.39 is 12.1 Å². The smallest absolute Gasteiger partial charge is 0.314 e. The van der Waals surface area contributed by atoms with E-state index in [-0.39, 0.29) is 29.3 Å². The number of amides is 3. The summed E-state index contributed by atoms with van der Waals surface area (Å²) in [5.74, 6) is 1.23. The molecule has 1 aliphatic heterocycles. The number of nitrogens with one attached hydrogen (secondary N) is 1. The van der Waals surface area contributed by atoms with Crippen LogP contribution in [0.2, 0.25) is 0 Å². The highest BCUT2D eigenvalue weighted by Crippen LogP contribution is 2.31. The highest BCUT2D eigenvalue weighted by atomic mass is 16.4. The Balaban J connectivity index is 1.50. The summed E-state index contributed by atoms with van der Waals surface area (Å²) < 4.78 is 6.23. The lowest BCUT2D eigenvalue weighted by atomic mass is 9.86. The molecule has 1 unspecified atom stereocenters. The molecule has 1 aromatic heterocycles. The Morgan fingerprint density at radius 1 is 1.07 bits per heavy atom. The lowest BCUT2D eigenvalue weighted by Crippen LogP contribution is -2.42. The molecule has 0 bridgehead atoms. The highest BCUT2D eigenvalue weighted by Gasteiger charge is 2.32. The number of aryl methyl sites for hydroxylation is 1. The molecular weight excluding hydrogens is 504 g/mol. The number of oxazole rings is 1. The molecule has 2 fully saturated rings. The number of ketones is 1. The zero-order valence-electron chi connectivity index (χ0n) is 24.1. The number of likely N-dealkylation sites (tertiary alicyclic amines) is 1. The van der Waals surface area contributed by atoms with E-state index in [1.54, 1.807) is 11.3 Å². The van der Waals surface area contributed by atoms with Crippen LogP contribution in [0.4, 0.5) is 4.79 Å². The molecule has 1 saturated heterocycles. The number of carbonyl (C=O) groups excluding carboxylic acids is 3. The first-order valence-electron chi connectivity index (χ1n) is 15.1. The molecule has 8 heteroatoms. The van der Waals surface area contributed by atoms with Crippen LogP contribution < -0.4 is 11.1 Å². The first kappa shape index (κ1) is 29.8. The largest absolute Gasteiger partial charge is 0.437 e. The molecular formula is C32H45N4O4. The highest BCUT2D eigenvalue weighted by molar-refractivity contribution is 6.01. The Labute approximate surface area is 238 Å². The summed E-state index contributed by atoms with van der Waals surface area (Å²) in [6.45, 7) is 5.25. The van der Waals surface area contributed by atoms with E-state index in [2.05, 4.69) is 19.2 Å².